The van der Waals surface area contributed by atoms with E-state index >= 15 is 0 Å². The van der Waals surface area contributed by atoms with Gasteiger partial charge in [0.2, 0.25) is 0 Å². The summed E-state index contributed by atoms with van der Waals surface area (Å²) in [7, 11) is 0. The van der Waals surface area contributed by atoms with E-state index in [1.807, 2.05) is 4.74 Å². The molecule has 0 aliphatic rings. The molecule has 0 saturated carbocycles. The maximum Gasteiger partial charge on any atom is 0.462 e. The van der Waals surface area contributed by atoms with Crippen LogP contribution < -0.4 is 0 Å². The average molecular weight is 368 g/mol. The molecule has 0 bridgehead atoms. The van der Waals surface area contributed by atoms with E-state index in [0.717, 1.165) is 0 Å². The summed E-state index contributed by atoms with van der Waals surface area (Å²) in [5.41, 5.74) is 0. The Kier molecular flexibility index (Phi) is 5.56. The number of ether oxygens (including phenoxy) is 2. The monoisotopic (exact) mass is 368 g/mol. The van der Waals surface area contributed by atoms with Gasteiger partial charge in [-0.2, -0.15) is 48.3 Å². The summed E-state index contributed by atoms with van der Waals surface area (Å²) in [4.78, 5) is 10.7. The zero-order valence-electron chi connectivity index (χ0n) is 10.2. The third kappa shape index (κ3) is 3.95. The van der Waals surface area contributed by atoms with Gasteiger partial charge in [0.05, 0.1) is 0 Å². The molecule has 0 aromatic heterocycles. The predicted molar refractivity (Wildman–Crippen MR) is 46.7 cm³/mol. The van der Waals surface area contributed by atoms with Crippen molar-refractivity contribution >= 4 is 5.97 Å². The van der Waals surface area contributed by atoms with Crippen LogP contribution in [0.1, 0.15) is 0 Å². The van der Waals surface area contributed by atoms with Crippen LogP contribution in [0.25, 0.3) is 0 Å². The van der Waals surface area contributed by atoms with Gasteiger partial charge in [-0.1, -0.05) is 5.92 Å². The van der Waals surface area contributed by atoms with E-state index in [1.54, 1.807) is 0 Å². The molecule has 23 heavy (non-hydrogen) atoms. The molecular weight excluding hydrogens is 365 g/mol. The Labute approximate surface area is 119 Å². The molecule has 0 radical (unpaired) electrons. The Hall–Kier alpha value is -1.78. The van der Waals surface area contributed by atoms with Gasteiger partial charge in [0, 0.05) is 0 Å². The predicted octanol–water partition coefficient (Wildman–Crippen LogP) is 3.20. The number of hydrogen-bond acceptors (Lipinski definition) is 3. The molecule has 14 heteroatoms. The van der Waals surface area contributed by atoms with Gasteiger partial charge in [0.25, 0.3) is 0 Å². The van der Waals surface area contributed by atoms with Crippen LogP contribution >= 0.6 is 0 Å². The molecule has 0 aromatic rings. The van der Waals surface area contributed by atoms with Crippen molar-refractivity contribution in [1.29, 1.82) is 0 Å². The Morgan fingerprint density at radius 3 is 1.61 bits per heavy atom. The summed E-state index contributed by atoms with van der Waals surface area (Å²) in [5, 5.41) is 0. The number of alkyl halides is 11. The second kappa shape index (κ2) is 6.02. The van der Waals surface area contributed by atoms with Gasteiger partial charge in [-0.25, -0.2) is 4.79 Å². The summed E-state index contributed by atoms with van der Waals surface area (Å²) in [6, 6.07) is 0. The summed E-state index contributed by atoms with van der Waals surface area (Å²) in [5.74, 6) is -15.7. The van der Waals surface area contributed by atoms with Crippen molar-refractivity contribution in [3.8, 4) is 12.3 Å². The number of hydrogen-bond donors (Lipinski definition) is 0. The molecule has 0 spiro atoms. The molecule has 0 saturated heterocycles. The van der Waals surface area contributed by atoms with Gasteiger partial charge in [-0.15, -0.1) is 6.42 Å². The van der Waals surface area contributed by atoms with Gasteiger partial charge >= 0.3 is 36.2 Å². The average Bonchev–Trinajstić information content (AvgIpc) is 2.32. The maximum absolute atomic E-state index is 13.4. The fraction of sp³-hybridized carbons (Fsp3) is 0.667. The topological polar surface area (TPSA) is 35.5 Å². The first-order valence-corrected chi connectivity index (χ1v) is 4.83. The van der Waals surface area contributed by atoms with E-state index in [2.05, 4.69) is 11.2 Å². The molecule has 0 rings (SSSR count). The molecule has 0 aliphatic heterocycles. The van der Waals surface area contributed by atoms with Gasteiger partial charge < -0.3 is 4.74 Å². The lowest BCUT2D eigenvalue weighted by molar-refractivity contribution is -0.474. The summed E-state index contributed by atoms with van der Waals surface area (Å²) in [6.45, 7) is -1.44. The highest BCUT2D eigenvalue weighted by molar-refractivity contribution is 5.79. The van der Waals surface area contributed by atoms with Crippen LogP contribution in [0, 0.1) is 12.3 Å². The van der Waals surface area contributed by atoms with E-state index < -0.39 is 42.8 Å². The lowest BCUT2D eigenvalue weighted by Crippen LogP contribution is -2.61. The van der Waals surface area contributed by atoms with Crippen LogP contribution in [0.3, 0.4) is 0 Å². The van der Waals surface area contributed by atoms with Crippen LogP contribution in [0.5, 0.6) is 0 Å². The first kappa shape index (κ1) is 21.2. The minimum Gasteiger partial charge on any atom is -0.448 e. The fourth-order valence-corrected chi connectivity index (χ4v) is 0.821. The Bertz CT molecular complexity index is 486. The van der Waals surface area contributed by atoms with Crippen molar-refractivity contribution in [2.75, 3.05) is 6.61 Å². The Morgan fingerprint density at radius 2 is 1.30 bits per heavy atom. The highest BCUT2D eigenvalue weighted by Crippen LogP contribution is 2.51. The van der Waals surface area contributed by atoms with Crippen molar-refractivity contribution in [3.05, 3.63) is 0 Å². The minimum atomic E-state index is -7.25. The molecule has 1 atom stereocenters. The molecular formula is C9H3F11O3. The molecule has 0 aliphatic carbocycles. The normalized spacial score (nSPS) is 16.4. The quantitative estimate of drug-likeness (QED) is 0.425. The van der Waals surface area contributed by atoms with E-state index in [-0.39, 0.29) is 0 Å². The molecule has 1 unspecified atom stereocenters. The molecule has 0 N–H and O–H groups in total. The van der Waals surface area contributed by atoms with Crippen LogP contribution in [0.15, 0.2) is 0 Å². The van der Waals surface area contributed by atoms with Crippen LogP contribution in [0.4, 0.5) is 48.3 Å². The molecule has 0 fully saturated rings. The lowest BCUT2D eigenvalue weighted by Gasteiger charge is -2.33. The first-order valence-electron chi connectivity index (χ1n) is 4.83. The van der Waals surface area contributed by atoms with Gasteiger partial charge in [0.15, 0.2) is 6.61 Å². The Balaban J connectivity index is 5.83. The number of rotatable bonds is 5. The number of terminal acetylenes is 1. The van der Waals surface area contributed by atoms with Gasteiger partial charge in [0.1, 0.15) is 0 Å². The van der Waals surface area contributed by atoms with Crippen LogP contribution in [-0.2, 0) is 14.3 Å². The third-order valence-corrected chi connectivity index (χ3v) is 1.90. The van der Waals surface area contributed by atoms with Crippen molar-refractivity contribution in [2.45, 2.75) is 30.2 Å². The van der Waals surface area contributed by atoms with E-state index in [0.29, 0.717) is 0 Å². The van der Waals surface area contributed by atoms with Crippen molar-refractivity contribution < 1.29 is 62.6 Å². The number of carbonyl (C=O) groups excluding carboxylic acids is 1. The second-order valence-corrected chi connectivity index (χ2v) is 3.56. The molecule has 0 aromatic carbocycles. The fourth-order valence-electron chi connectivity index (χ4n) is 0.821. The lowest BCUT2D eigenvalue weighted by atomic mass is 10.2. The summed E-state index contributed by atoms with van der Waals surface area (Å²) >= 11 is 0. The standard InChI is InChI=1S/C9H3F11O3/c1-2-3-22-4(21)5(10,7(13,14)15)23-9(19,20)6(11,12)8(16,17)18/h1H,3H2. The van der Waals surface area contributed by atoms with Crippen molar-refractivity contribution in [2.24, 2.45) is 0 Å². The minimum absolute atomic E-state index is 1.29. The highest BCUT2D eigenvalue weighted by atomic mass is 19.4. The first-order chi connectivity index (χ1) is 9.94. The van der Waals surface area contributed by atoms with Crippen LogP contribution in [-0.4, -0.2) is 42.8 Å². The van der Waals surface area contributed by atoms with E-state index in [4.69, 9.17) is 0 Å². The van der Waals surface area contributed by atoms with Crippen molar-refractivity contribution in [3.63, 3.8) is 0 Å². The van der Waals surface area contributed by atoms with E-state index in [1.165, 1.54) is 5.92 Å². The van der Waals surface area contributed by atoms with Crippen LogP contribution in [0.2, 0.25) is 0 Å². The smallest absolute Gasteiger partial charge is 0.448 e. The van der Waals surface area contributed by atoms with E-state index in [9.17, 15) is 53.1 Å². The zero-order valence-corrected chi connectivity index (χ0v) is 10.2. The summed E-state index contributed by atoms with van der Waals surface area (Å²) < 4.78 is 141. The maximum atomic E-state index is 13.4. The summed E-state index contributed by atoms with van der Waals surface area (Å²) in [6.07, 6.45) is -16.6. The van der Waals surface area contributed by atoms with Gasteiger partial charge in [-0.3, -0.25) is 4.74 Å². The third-order valence-electron chi connectivity index (χ3n) is 1.90. The Morgan fingerprint density at radius 1 is 0.870 bits per heavy atom. The highest BCUT2D eigenvalue weighted by Gasteiger charge is 2.80. The number of esters is 1. The molecule has 0 amide bonds. The molecule has 0 heterocycles. The SMILES string of the molecule is C#CCOC(=O)C(F)(OC(F)(F)C(F)(F)C(F)(F)F)C(F)(F)F. The number of carbonyl (C=O) groups is 1. The van der Waals surface area contributed by atoms with Crippen molar-refractivity contribution in [1.82, 2.24) is 0 Å². The zero-order chi connectivity index (χ0) is 18.9. The van der Waals surface area contributed by atoms with Gasteiger partial charge in [-0.05, 0) is 0 Å². The molecule has 3 nitrogen and oxygen atoms in total. The number of halogens is 11. The largest absolute Gasteiger partial charge is 0.462 e. The second-order valence-electron chi connectivity index (χ2n) is 3.56. The molecule has 134 valence electrons.